The number of hydrogen-bond donors (Lipinski definition) is 2. The Morgan fingerprint density at radius 3 is 2.52 bits per heavy atom. The third-order valence-corrected chi connectivity index (χ3v) is 5.82. The molecule has 0 saturated heterocycles. The van der Waals surface area contributed by atoms with Crippen molar-refractivity contribution < 1.29 is 14.3 Å². The summed E-state index contributed by atoms with van der Waals surface area (Å²) >= 11 is 7.12. The molecule has 2 aromatic carbocycles. The van der Waals surface area contributed by atoms with Crippen LogP contribution in [0.4, 0.5) is 5.69 Å². The highest BCUT2D eigenvalue weighted by Crippen LogP contribution is 2.22. The van der Waals surface area contributed by atoms with Crippen LogP contribution >= 0.6 is 23.4 Å². The van der Waals surface area contributed by atoms with Gasteiger partial charge in [-0.1, -0.05) is 29.4 Å². The van der Waals surface area contributed by atoms with E-state index < -0.39 is 6.04 Å². The minimum Gasteiger partial charge on any atom is -0.497 e. The Bertz CT molecular complexity index is 1120. The largest absolute Gasteiger partial charge is 0.497 e. The van der Waals surface area contributed by atoms with Gasteiger partial charge in [-0.25, -0.2) is 0 Å². The van der Waals surface area contributed by atoms with Gasteiger partial charge in [-0.15, -0.1) is 16.8 Å². The van der Waals surface area contributed by atoms with Crippen LogP contribution in [0, 0.1) is 0 Å². The Hall–Kier alpha value is -3.30. The summed E-state index contributed by atoms with van der Waals surface area (Å²) in [6.45, 7) is 6.05. The first-order chi connectivity index (χ1) is 15.9. The molecule has 0 aliphatic heterocycles. The van der Waals surface area contributed by atoms with Crippen LogP contribution in [0.25, 0.3) is 0 Å². The van der Waals surface area contributed by atoms with Gasteiger partial charge in [-0.3, -0.25) is 9.59 Å². The monoisotopic (exact) mass is 485 g/mol. The SMILES string of the molecule is C=CCn1c(SCC(=O)Nc2ccc(Cl)cc2)nnc1[C@H](C)NC(=O)c1ccc(OC)cc1. The van der Waals surface area contributed by atoms with Crippen LogP contribution in [0.15, 0.2) is 66.3 Å². The van der Waals surface area contributed by atoms with Gasteiger partial charge in [0.15, 0.2) is 11.0 Å². The predicted octanol–water partition coefficient (Wildman–Crippen LogP) is 4.35. The summed E-state index contributed by atoms with van der Waals surface area (Å²) in [5.74, 6) is 0.960. The number of amides is 2. The fourth-order valence-corrected chi connectivity index (χ4v) is 3.86. The zero-order chi connectivity index (χ0) is 23.8. The summed E-state index contributed by atoms with van der Waals surface area (Å²) in [5.41, 5.74) is 1.17. The lowest BCUT2D eigenvalue weighted by Gasteiger charge is -2.15. The Morgan fingerprint density at radius 2 is 1.88 bits per heavy atom. The molecule has 172 valence electrons. The highest BCUT2D eigenvalue weighted by atomic mass is 35.5. The molecule has 1 atom stereocenters. The highest BCUT2D eigenvalue weighted by molar-refractivity contribution is 7.99. The minimum atomic E-state index is -0.413. The van der Waals surface area contributed by atoms with Crippen molar-refractivity contribution in [3.05, 3.63) is 77.6 Å². The van der Waals surface area contributed by atoms with Crippen molar-refractivity contribution in [1.82, 2.24) is 20.1 Å². The van der Waals surface area contributed by atoms with E-state index in [1.807, 2.05) is 11.5 Å². The Morgan fingerprint density at radius 1 is 1.18 bits per heavy atom. The van der Waals surface area contributed by atoms with E-state index in [1.54, 1.807) is 61.7 Å². The molecule has 3 aromatic rings. The number of aromatic nitrogens is 3. The second kappa shape index (κ2) is 11.5. The van der Waals surface area contributed by atoms with Gasteiger partial charge in [0.05, 0.1) is 18.9 Å². The van der Waals surface area contributed by atoms with Gasteiger partial charge in [0.2, 0.25) is 5.91 Å². The molecule has 2 amide bonds. The first-order valence-electron chi connectivity index (χ1n) is 10.1. The number of thioether (sulfide) groups is 1. The molecule has 1 heterocycles. The molecule has 0 radical (unpaired) electrons. The van der Waals surface area contributed by atoms with Gasteiger partial charge in [-0.05, 0) is 55.5 Å². The van der Waals surface area contributed by atoms with Crippen molar-refractivity contribution in [3.63, 3.8) is 0 Å². The predicted molar refractivity (Wildman–Crippen MR) is 130 cm³/mol. The zero-order valence-corrected chi connectivity index (χ0v) is 19.8. The van der Waals surface area contributed by atoms with Gasteiger partial charge in [0.25, 0.3) is 5.91 Å². The summed E-state index contributed by atoms with van der Waals surface area (Å²) in [7, 11) is 1.57. The summed E-state index contributed by atoms with van der Waals surface area (Å²) in [4.78, 5) is 24.9. The summed E-state index contributed by atoms with van der Waals surface area (Å²) in [6, 6.07) is 13.3. The second-order valence-corrected chi connectivity index (χ2v) is 8.39. The molecule has 2 N–H and O–H groups in total. The molecule has 8 nitrogen and oxygen atoms in total. The van der Waals surface area contributed by atoms with Gasteiger partial charge in [0, 0.05) is 22.8 Å². The smallest absolute Gasteiger partial charge is 0.251 e. The summed E-state index contributed by atoms with van der Waals surface area (Å²) in [6.07, 6.45) is 1.71. The number of methoxy groups -OCH3 is 1. The quantitative estimate of drug-likeness (QED) is 0.327. The molecule has 0 fully saturated rings. The van der Waals surface area contributed by atoms with Crippen molar-refractivity contribution in [2.24, 2.45) is 0 Å². The number of anilines is 1. The lowest BCUT2D eigenvalue weighted by molar-refractivity contribution is -0.113. The molecule has 0 aliphatic rings. The average Bonchev–Trinajstić information content (AvgIpc) is 3.22. The van der Waals surface area contributed by atoms with E-state index in [9.17, 15) is 9.59 Å². The van der Waals surface area contributed by atoms with Crippen molar-refractivity contribution in [2.75, 3.05) is 18.2 Å². The van der Waals surface area contributed by atoms with E-state index in [0.717, 1.165) is 0 Å². The number of halogens is 1. The van der Waals surface area contributed by atoms with E-state index in [1.165, 1.54) is 11.8 Å². The minimum absolute atomic E-state index is 0.143. The number of carbonyl (C=O) groups is 2. The molecule has 0 unspecified atom stereocenters. The number of carbonyl (C=O) groups excluding carboxylic acids is 2. The molecule has 1 aromatic heterocycles. The number of allylic oxidation sites excluding steroid dienone is 1. The van der Waals surface area contributed by atoms with Crippen LogP contribution in [0.2, 0.25) is 5.02 Å². The van der Waals surface area contributed by atoms with Crippen molar-refractivity contribution in [1.29, 1.82) is 0 Å². The zero-order valence-electron chi connectivity index (χ0n) is 18.2. The van der Waals surface area contributed by atoms with Gasteiger partial charge < -0.3 is 19.9 Å². The number of ether oxygens (including phenoxy) is 1. The standard InChI is InChI=1S/C23H24ClN5O3S/c1-4-13-29-21(15(2)25-22(31)16-5-11-19(32-3)12-6-16)27-28-23(29)33-14-20(30)26-18-9-7-17(24)8-10-18/h4-12,15H,1,13-14H2,2-3H3,(H,25,31)(H,26,30)/t15-/m0/s1. The van der Waals surface area contributed by atoms with Crippen molar-refractivity contribution in [3.8, 4) is 5.75 Å². The number of benzene rings is 2. The number of rotatable bonds is 10. The molecule has 0 aliphatic carbocycles. The topological polar surface area (TPSA) is 98.1 Å². The Balaban J connectivity index is 1.64. The summed E-state index contributed by atoms with van der Waals surface area (Å²) in [5, 5.41) is 15.3. The van der Waals surface area contributed by atoms with Crippen LogP contribution in [0.5, 0.6) is 5.75 Å². The maximum atomic E-state index is 12.6. The average molecular weight is 486 g/mol. The van der Waals surface area contributed by atoms with Crippen LogP contribution in [0.1, 0.15) is 29.1 Å². The fraction of sp³-hybridized carbons (Fsp3) is 0.217. The van der Waals surface area contributed by atoms with E-state index >= 15 is 0 Å². The normalized spacial score (nSPS) is 11.5. The van der Waals surface area contributed by atoms with Gasteiger partial charge in [-0.2, -0.15) is 0 Å². The van der Waals surface area contributed by atoms with E-state index in [-0.39, 0.29) is 17.6 Å². The van der Waals surface area contributed by atoms with Crippen LogP contribution in [0.3, 0.4) is 0 Å². The van der Waals surface area contributed by atoms with Gasteiger partial charge in [0.1, 0.15) is 5.75 Å². The molecule has 0 bridgehead atoms. The molecule has 0 saturated carbocycles. The summed E-state index contributed by atoms with van der Waals surface area (Å²) < 4.78 is 6.95. The highest BCUT2D eigenvalue weighted by Gasteiger charge is 2.20. The van der Waals surface area contributed by atoms with Crippen LogP contribution in [-0.2, 0) is 11.3 Å². The molecular weight excluding hydrogens is 462 g/mol. The molecule has 33 heavy (non-hydrogen) atoms. The number of nitrogens with one attached hydrogen (secondary N) is 2. The fourth-order valence-electron chi connectivity index (χ4n) is 2.98. The van der Waals surface area contributed by atoms with E-state index in [2.05, 4.69) is 27.4 Å². The second-order valence-electron chi connectivity index (χ2n) is 7.01. The number of hydrogen-bond acceptors (Lipinski definition) is 6. The van der Waals surface area contributed by atoms with E-state index in [0.29, 0.717) is 39.5 Å². The Kier molecular flexibility index (Phi) is 8.51. The molecule has 0 spiro atoms. The van der Waals surface area contributed by atoms with Crippen LogP contribution < -0.4 is 15.4 Å². The first-order valence-corrected chi connectivity index (χ1v) is 11.4. The van der Waals surface area contributed by atoms with E-state index in [4.69, 9.17) is 16.3 Å². The Labute approximate surface area is 201 Å². The maximum absolute atomic E-state index is 12.6. The van der Waals surface area contributed by atoms with Crippen molar-refractivity contribution >= 4 is 40.9 Å². The lowest BCUT2D eigenvalue weighted by Crippen LogP contribution is -2.28. The third kappa shape index (κ3) is 6.59. The molecule has 10 heteroatoms. The molecule has 3 rings (SSSR count). The van der Waals surface area contributed by atoms with Crippen LogP contribution in [-0.4, -0.2) is 39.4 Å². The van der Waals surface area contributed by atoms with Crippen molar-refractivity contribution in [2.45, 2.75) is 24.7 Å². The number of nitrogens with zero attached hydrogens (tertiary/aromatic N) is 3. The van der Waals surface area contributed by atoms with Gasteiger partial charge >= 0.3 is 0 Å². The lowest BCUT2D eigenvalue weighted by atomic mass is 10.2. The maximum Gasteiger partial charge on any atom is 0.251 e. The third-order valence-electron chi connectivity index (χ3n) is 4.60. The first kappa shape index (κ1) is 24.3. The molecular formula is C23H24ClN5O3S.